The molecule has 2 N–H and O–H groups in total. The first kappa shape index (κ1) is 16.0. The first-order valence-electron chi connectivity index (χ1n) is 6.97. The van der Waals surface area contributed by atoms with Crippen LogP contribution in [-0.2, 0) is 5.60 Å². The fraction of sp³-hybridized carbons (Fsp3) is 0.600. The van der Waals surface area contributed by atoms with Gasteiger partial charge in [0, 0.05) is 16.6 Å². The summed E-state index contributed by atoms with van der Waals surface area (Å²) in [5, 5.41) is 14.4. The smallest absolute Gasteiger partial charge is 0.142 e. The fourth-order valence-electron chi connectivity index (χ4n) is 2.89. The third-order valence-corrected chi connectivity index (χ3v) is 4.93. The molecule has 1 aromatic rings. The molecule has 0 aromatic heterocycles. The van der Waals surface area contributed by atoms with E-state index in [0.29, 0.717) is 16.5 Å². The van der Waals surface area contributed by atoms with Crippen LogP contribution in [0.1, 0.15) is 38.7 Å². The summed E-state index contributed by atoms with van der Waals surface area (Å²) in [6, 6.07) is 2.45. The topological polar surface area (TPSA) is 32.3 Å². The molecule has 1 saturated heterocycles. The van der Waals surface area contributed by atoms with E-state index in [1.807, 2.05) is 0 Å². The summed E-state index contributed by atoms with van der Waals surface area (Å²) in [6.45, 7) is 4.68. The molecule has 1 aliphatic rings. The molecule has 20 heavy (non-hydrogen) atoms. The van der Waals surface area contributed by atoms with Crippen molar-refractivity contribution < 1.29 is 9.50 Å². The van der Waals surface area contributed by atoms with Gasteiger partial charge in [-0.05, 0) is 44.4 Å². The van der Waals surface area contributed by atoms with Crippen LogP contribution in [0.4, 0.5) is 4.39 Å². The second-order valence-corrected chi connectivity index (χ2v) is 6.51. The first-order chi connectivity index (χ1) is 9.36. The highest BCUT2D eigenvalue weighted by atomic mass is 35.5. The lowest BCUT2D eigenvalue weighted by atomic mass is 9.79. The second kappa shape index (κ2) is 6.18. The van der Waals surface area contributed by atoms with Gasteiger partial charge < -0.3 is 10.4 Å². The van der Waals surface area contributed by atoms with Gasteiger partial charge >= 0.3 is 0 Å². The van der Waals surface area contributed by atoms with Crippen molar-refractivity contribution in [1.29, 1.82) is 0 Å². The van der Waals surface area contributed by atoms with Gasteiger partial charge in [0.1, 0.15) is 11.4 Å². The SMILES string of the molecule is CCC1CCNC(C(C)(O)c2cc(F)c(Cl)cc2Cl)C1. The van der Waals surface area contributed by atoms with Crippen LogP contribution >= 0.6 is 23.2 Å². The van der Waals surface area contributed by atoms with E-state index in [-0.39, 0.29) is 11.1 Å². The zero-order valence-electron chi connectivity index (χ0n) is 11.7. The molecule has 5 heteroatoms. The van der Waals surface area contributed by atoms with Crippen molar-refractivity contribution >= 4 is 23.2 Å². The normalized spacial score (nSPS) is 26.3. The summed E-state index contributed by atoms with van der Waals surface area (Å²) in [4.78, 5) is 0. The first-order valence-corrected chi connectivity index (χ1v) is 7.72. The Bertz CT molecular complexity index is 493. The minimum Gasteiger partial charge on any atom is -0.384 e. The lowest BCUT2D eigenvalue weighted by molar-refractivity contribution is -0.00322. The molecule has 1 heterocycles. The number of rotatable bonds is 3. The summed E-state index contributed by atoms with van der Waals surface area (Å²) in [5.74, 6) is 0.0119. The molecule has 1 fully saturated rings. The Morgan fingerprint density at radius 3 is 2.75 bits per heavy atom. The van der Waals surface area contributed by atoms with Crippen molar-refractivity contribution in [3.8, 4) is 0 Å². The Kier molecular flexibility index (Phi) is 4.96. The molecule has 0 aliphatic carbocycles. The van der Waals surface area contributed by atoms with Crippen LogP contribution in [0.25, 0.3) is 0 Å². The van der Waals surface area contributed by atoms with Gasteiger partial charge in [0.2, 0.25) is 0 Å². The lowest BCUT2D eigenvalue weighted by Crippen LogP contribution is -2.51. The van der Waals surface area contributed by atoms with Gasteiger partial charge in [-0.25, -0.2) is 4.39 Å². The van der Waals surface area contributed by atoms with E-state index in [4.69, 9.17) is 23.2 Å². The van der Waals surface area contributed by atoms with E-state index >= 15 is 0 Å². The molecule has 2 nitrogen and oxygen atoms in total. The second-order valence-electron chi connectivity index (χ2n) is 5.70. The number of nitrogens with one attached hydrogen (secondary N) is 1. The molecule has 0 radical (unpaired) electrons. The quantitative estimate of drug-likeness (QED) is 0.821. The molecule has 0 saturated carbocycles. The Labute approximate surface area is 129 Å². The fourth-order valence-corrected chi connectivity index (χ4v) is 3.47. The van der Waals surface area contributed by atoms with E-state index in [1.165, 1.54) is 12.1 Å². The maximum atomic E-state index is 13.7. The molecule has 1 aliphatic heterocycles. The molecule has 112 valence electrons. The number of aliphatic hydroxyl groups is 1. The Hall–Kier alpha value is -0.350. The molecule has 3 unspecified atom stereocenters. The Morgan fingerprint density at radius 1 is 1.40 bits per heavy atom. The molecular formula is C15H20Cl2FNO. The zero-order valence-corrected chi connectivity index (χ0v) is 13.2. The van der Waals surface area contributed by atoms with Gasteiger partial charge in [0.25, 0.3) is 0 Å². The third kappa shape index (κ3) is 3.11. The molecule has 2 rings (SSSR count). The monoisotopic (exact) mass is 319 g/mol. The van der Waals surface area contributed by atoms with Gasteiger partial charge in [-0.3, -0.25) is 0 Å². The van der Waals surface area contributed by atoms with Gasteiger partial charge in [-0.2, -0.15) is 0 Å². The number of hydrogen-bond acceptors (Lipinski definition) is 2. The minimum atomic E-state index is -1.23. The van der Waals surface area contributed by atoms with Crippen LogP contribution < -0.4 is 5.32 Å². The predicted molar refractivity (Wildman–Crippen MR) is 80.8 cm³/mol. The average molecular weight is 320 g/mol. The number of hydrogen-bond donors (Lipinski definition) is 2. The molecule has 0 bridgehead atoms. The molecular weight excluding hydrogens is 300 g/mol. The Morgan fingerprint density at radius 2 is 2.10 bits per heavy atom. The van der Waals surface area contributed by atoms with Crippen molar-refractivity contribution in [3.63, 3.8) is 0 Å². The van der Waals surface area contributed by atoms with Crippen molar-refractivity contribution in [2.75, 3.05) is 6.54 Å². The summed E-state index contributed by atoms with van der Waals surface area (Å²) in [6.07, 6.45) is 3.03. The van der Waals surface area contributed by atoms with Crippen molar-refractivity contribution in [2.45, 2.75) is 44.8 Å². The maximum absolute atomic E-state index is 13.7. The molecule has 3 atom stereocenters. The van der Waals surface area contributed by atoms with Crippen LogP contribution in [0.5, 0.6) is 0 Å². The van der Waals surface area contributed by atoms with Gasteiger partial charge in [-0.15, -0.1) is 0 Å². The summed E-state index contributed by atoms with van der Waals surface area (Å²) in [7, 11) is 0. The van der Waals surface area contributed by atoms with E-state index in [9.17, 15) is 9.50 Å². The van der Waals surface area contributed by atoms with Gasteiger partial charge in [-0.1, -0.05) is 36.5 Å². The number of piperidine rings is 1. The van der Waals surface area contributed by atoms with Crippen LogP contribution in [0.3, 0.4) is 0 Å². The van der Waals surface area contributed by atoms with Crippen molar-refractivity contribution in [2.24, 2.45) is 5.92 Å². The summed E-state index contributed by atoms with van der Waals surface area (Å²) >= 11 is 11.8. The van der Waals surface area contributed by atoms with E-state index in [2.05, 4.69) is 12.2 Å². The van der Waals surface area contributed by atoms with E-state index in [0.717, 1.165) is 25.8 Å². The van der Waals surface area contributed by atoms with Crippen LogP contribution in [0, 0.1) is 11.7 Å². The number of benzene rings is 1. The van der Waals surface area contributed by atoms with Crippen molar-refractivity contribution in [1.82, 2.24) is 5.32 Å². The van der Waals surface area contributed by atoms with Crippen molar-refractivity contribution in [3.05, 3.63) is 33.6 Å². The summed E-state index contributed by atoms with van der Waals surface area (Å²) < 4.78 is 13.7. The maximum Gasteiger partial charge on any atom is 0.142 e. The highest BCUT2D eigenvalue weighted by molar-refractivity contribution is 6.35. The van der Waals surface area contributed by atoms with Crippen LogP contribution in [0.15, 0.2) is 12.1 Å². The highest BCUT2D eigenvalue weighted by Crippen LogP contribution is 2.37. The minimum absolute atomic E-state index is 0.0300. The summed E-state index contributed by atoms with van der Waals surface area (Å²) in [5.41, 5.74) is -0.841. The molecule has 0 amide bonds. The zero-order chi connectivity index (χ0) is 14.9. The Balaban J connectivity index is 2.32. The number of halogens is 3. The van der Waals surface area contributed by atoms with E-state index < -0.39 is 11.4 Å². The van der Waals surface area contributed by atoms with Gasteiger partial charge in [0.15, 0.2) is 0 Å². The standard InChI is InChI=1S/C15H20Cl2FNO/c1-3-9-4-5-19-14(6-9)15(2,20)10-7-13(18)12(17)8-11(10)16/h7-9,14,19-20H,3-6H2,1-2H3. The lowest BCUT2D eigenvalue weighted by Gasteiger charge is -2.40. The van der Waals surface area contributed by atoms with Crippen LogP contribution in [-0.4, -0.2) is 17.7 Å². The molecule has 0 spiro atoms. The predicted octanol–water partition coefficient (Wildman–Crippen LogP) is 4.12. The van der Waals surface area contributed by atoms with Crippen LogP contribution in [0.2, 0.25) is 10.0 Å². The van der Waals surface area contributed by atoms with Gasteiger partial charge in [0.05, 0.1) is 5.02 Å². The highest BCUT2D eigenvalue weighted by Gasteiger charge is 2.38. The molecule has 1 aromatic carbocycles. The average Bonchev–Trinajstić information content (AvgIpc) is 2.42. The van der Waals surface area contributed by atoms with E-state index in [1.54, 1.807) is 6.92 Å². The third-order valence-electron chi connectivity index (χ3n) is 4.32. The largest absolute Gasteiger partial charge is 0.384 e.